The van der Waals surface area contributed by atoms with Crippen molar-refractivity contribution in [3.8, 4) is 0 Å². The first-order valence-electron chi connectivity index (χ1n) is 6.84. The zero-order chi connectivity index (χ0) is 13.9. The van der Waals surface area contributed by atoms with E-state index in [-0.39, 0.29) is 0 Å². The number of hydrogen-bond donors (Lipinski definition) is 1. The minimum Gasteiger partial charge on any atom is -0.311 e. The zero-order valence-electron chi connectivity index (χ0n) is 11.9. The van der Waals surface area contributed by atoms with E-state index in [9.17, 15) is 0 Å². The van der Waals surface area contributed by atoms with Crippen LogP contribution in [-0.2, 0) is 27.1 Å². The SMILES string of the molecule is Cn1ccc(CCNCc2nn(C)c3ccccc23)n1. The molecule has 2 heterocycles. The number of nitrogens with zero attached hydrogens (tertiary/aromatic N) is 4. The van der Waals surface area contributed by atoms with Gasteiger partial charge in [0.25, 0.3) is 0 Å². The van der Waals surface area contributed by atoms with E-state index in [1.807, 2.05) is 35.7 Å². The minimum absolute atomic E-state index is 0.786. The van der Waals surface area contributed by atoms with E-state index in [1.165, 1.54) is 10.9 Å². The summed E-state index contributed by atoms with van der Waals surface area (Å²) in [5.41, 5.74) is 3.39. The first-order chi connectivity index (χ1) is 9.74. The molecule has 0 unspecified atom stereocenters. The molecular formula is C15H19N5. The van der Waals surface area contributed by atoms with E-state index in [0.29, 0.717) is 0 Å². The third-order valence-corrected chi connectivity index (χ3v) is 3.45. The molecule has 0 amide bonds. The zero-order valence-corrected chi connectivity index (χ0v) is 11.9. The Bertz CT molecular complexity index is 710. The van der Waals surface area contributed by atoms with Gasteiger partial charge in [-0.15, -0.1) is 0 Å². The molecule has 0 saturated heterocycles. The maximum atomic E-state index is 4.57. The fraction of sp³-hybridized carbons (Fsp3) is 0.333. The smallest absolute Gasteiger partial charge is 0.0841 e. The van der Waals surface area contributed by atoms with Gasteiger partial charge in [-0.25, -0.2) is 0 Å². The lowest BCUT2D eigenvalue weighted by molar-refractivity contribution is 0.646. The number of rotatable bonds is 5. The van der Waals surface area contributed by atoms with E-state index >= 15 is 0 Å². The topological polar surface area (TPSA) is 47.7 Å². The molecule has 0 atom stereocenters. The molecule has 0 aliphatic rings. The molecule has 5 heteroatoms. The van der Waals surface area contributed by atoms with Crippen LogP contribution in [-0.4, -0.2) is 26.1 Å². The molecule has 3 rings (SSSR count). The van der Waals surface area contributed by atoms with Gasteiger partial charge in [-0.05, 0) is 12.1 Å². The molecule has 0 saturated carbocycles. The van der Waals surface area contributed by atoms with Gasteiger partial charge >= 0.3 is 0 Å². The van der Waals surface area contributed by atoms with Gasteiger partial charge < -0.3 is 5.32 Å². The molecule has 20 heavy (non-hydrogen) atoms. The second-order valence-corrected chi connectivity index (χ2v) is 4.99. The Balaban J connectivity index is 1.60. The van der Waals surface area contributed by atoms with Crippen LogP contribution in [0, 0.1) is 0 Å². The molecular weight excluding hydrogens is 250 g/mol. The van der Waals surface area contributed by atoms with Gasteiger partial charge in [0.1, 0.15) is 0 Å². The highest BCUT2D eigenvalue weighted by Gasteiger charge is 2.07. The molecule has 3 aromatic rings. The number of benzene rings is 1. The molecule has 1 aromatic carbocycles. The van der Waals surface area contributed by atoms with E-state index < -0.39 is 0 Å². The largest absolute Gasteiger partial charge is 0.311 e. The molecule has 0 aliphatic carbocycles. The minimum atomic E-state index is 0.786. The molecule has 0 radical (unpaired) electrons. The molecule has 0 bridgehead atoms. The normalized spacial score (nSPS) is 11.3. The second kappa shape index (κ2) is 5.46. The summed E-state index contributed by atoms with van der Waals surface area (Å²) in [6.07, 6.45) is 2.91. The number of fused-ring (bicyclic) bond motifs is 1. The number of nitrogens with one attached hydrogen (secondary N) is 1. The van der Waals surface area contributed by atoms with Crippen molar-refractivity contribution in [2.45, 2.75) is 13.0 Å². The molecule has 0 aliphatic heterocycles. The predicted octanol–water partition coefficient (Wildman–Crippen LogP) is 1.64. The standard InChI is InChI=1S/C15H19N5/c1-19-10-8-12(17-19)7-9-16-11-14-13-5-3-4-6-15(13)20(2)18-14/h3-6,8,10,16H,7,9,11H2,1-2H3. The Morgan fingerprint density at radius 2 is 1.95 bits per heavy atom. The number of hydrogen-bond acceptors (Lipinski definition) is 3. The third kappa shape index (κ3) is 2.58. The lowest BCUT2D eigenvalue weighted by Gasteiger charge is -2.01. The fourth-order valence-corrected chi connectivity index (χ4v) is 2.44. The van der Waals surface area contributed by atoms with Crippen molar-refractivity contribution < 1.29 is 0 Å². The van der Waals surface area contributed by atoms with Gasteiger partial charge in [0.15, 0.2) is 0 Å². The Morgan fingerprint density at radius 1 is 1.10 bits per heavy atom. The predicted molar refractivity (Wildman–Crippen MR) is 79.3 cm³/mol. The van der Waals surface area contributed by atoms with Crippen molar-refractivity contribution in [1.29, 1.82) is 0 Å². The molecule has 1 N–H and O–H groups in total. The number of para-hydroxylation sites is 1. The highest BCUT2D eigenvalue weighted by Crippen LogP contribution is 2.16. The Kier molecular flexibility index (Phi) is 3.52. The van der Waals surface area contributed by atoms with Crippen LogP contribution in [0.5, 0.6) is 0 Å². The van der Waals surface area contributed by atoms with Gasteiger partial charge in [0, 0.05) is 45.2 Å². The summed E-state index contributed by atoms with van der Waals surface area (Å²) in [5, 5.41) is 13.6. The number of aryl methyl sites for hydroxylation is 2. The fourth-order valence-electron chi connectivity index (χ4n) is 2.44. The van der Waals surface area contributed by atoms with E-state index in [0.717, 1.165) is 30.9 Å². The monoisotopic (exact) mass is 269 g/mol. The average Bonchev–Trinajstić information content (AvgIpc) is 3.00. The Labute approximate surface area is 118 Å². The summed E-state index contributed by atoms with van der Waals surface area (Å²) in [6, 6.07) is 10.4. The van der Waals surface area contributed by atoms with Crippen LogP contribution >= 0.6 is 0 Å². The molecule has 5 nitrogen and oxygen atoms in total. The summed E-state index contributed by atoms with van der Waals surface area (Å²) in [6.45, 7) is 1.69. The van der Waals surface area contributed by atoms with Gasteiger partial charge in [0.05, 0.1) is 16.9 Å². The van der Waals surface area contributed by atoms with Gasteiger partial charge in [-0.2, -0.15) is 10.2 Å². The van der Waals surface area contributed by atoms with Crippen molar-refractivity contribution in [3.63, 3.8) is 0 Å². The van der Waals surface area contributed by atoms with Crippen LogP contribution in [0.2, 0.25) is 0 Å². The molecule has 0 spiro atoms. The van der Waals surface area contributed by atoms with Crippen molar-refractivity contribution in [2.24, 2.45) is 14.1 Å². The van der Waals surface area contributed by atoms with E-state index in [2.05, 4.69) is 39.8 Å². The van der Waals surface area contributed by atoms with Crippen molar-refractivity contribution >= 4 is 10.9 Å². The molecule has 0 fully saturated rings. The molecule has 104 valence electrons. The summed E-state index contributed by atoms with van der Waals surface area (Å²) < 4.78 is 3.77. The summed E-state index contributed by atoms with van der Waals surface area (Å²) >= 11 is 0. The molecule has 2 aromatic heterocycles. The lowest BCUT2D eigenvalue weighted by atomic mass is 10.2. The van der Waals surface area contributed by atoms with Crippen LogP contribution in [0.15, 0.2) is 36.5 Å². The van der Waals surface area contributed by atoms with E-state index in [4.69, 9.17) is 0 Å². The number of aromatic nitrogens is 4. The lowest BCUT2D eigenvalue weighted by Crippen LogP contribution is -2.17. The summed E-state index contributed by atoms with van der Waals surface area (Å²) in [4.78, 5) is 0. The van der Waals surface area contributed by atoms with Crippen LogP contribution in [0.3, 0.4) is 0 Å². The Morgan fingerprint density at radius 3 is 2.75 bits per heavy atom. The van der Waals surface area contributed by atoms with Gasteiger partial charge in [0.2, 0.25) is 0 Å². The van der Waals surface area contributed by atoms with Crippen LogP contribution in [0.25, 0.3) is 10.9 Å². The first kappa shape index (κ1) is 12.9. The average molecular weight is 269 g/mol. The van der Waals surface area contributed by atoms with Crippen molar-refractivity contribution in [2.75, 3.05) is 6.54 Å². The van der Waals surface area contributed by atoms with Crippen LogP contribution < -0.4 is 5.32 Å². The van der Waals surface area contributed by atoms with Gasteiger partial charge in [-0.3, -0.25) is 9.36 Å². The van der Waals surface area contributed by atoms with Crippen LogP contribution in [0.1, 0.15) is 11.4 Å². The summed E-state index contributed by atoms with van der Waals surface area (Å²) in [7, 11) is 3.93. The van der Waals surface area contributed by atoms with Crippen molar-refractivity contribution in [1.82, 2.24) is 24.9 Å². The third-order valence-electron chi connectivity index (χ3n) is 3.45. The van der Waals surface area contributed by atoms with Crippen LogP contribution in [0.4, 0.5) is 0 Å². The van der Waals surface area contributed by atoms with E-state index in [1.54, 1.807) is 0 Å². The second-order valence-electron chi connectivity index (χ2n) is 4.99. The first-order valence-corrected chi connectivity index (χ1v) is 6.84. The summed E-state index contributed by atoms with van der Waals surface area (Å²) in [5.74, 6) is 0. The van der Waals surface area contributed by atoms with Gasteiger partial charge in [-0.1, -0.05) is 18.2 Å². The highest BCUT2D eigenvalue weighted by molar-refractivity contribution is 5.81. The maximum absolute atomic E-state index is 4.57. The van der Waals surface area contributed by atoms with Crippen molar-refractivity contribution in [3.05, 3.63) is 47.9 Å². The Hall–Kier alpha value is -2.14. The quantitative estimate of drug-likeness (QED) is 0.716. The highest BCUT2D eigenvalue weighted by atomic mass is 15.3. The maximum Gasteiger partial charge on any atom is 0.0841 e.